The normalized spacial score (nSPS) is 21.8. The largest absolute Gasteiger partial charge is 0.477 e. The van der Waals surface area contributed by atoms with Crippen LogP contribution >= 0.6 is 0 Å². The number of fused-ring (bicyclic) bond motifs is 1. The number of aromatic carboxylic acids is 1. The lowest BCUT2D eigenvalue weighted by Crippen LogP contribution is -2.31. The van der Waals surface area contributed by atoms with E-state index in [0.29, 0.717) is 13.1 Å². The Morgan fingerprint density at radius 2 is 2.10 bits per heavy atom. The summed E-state index contributed by atoms with van der Waals surface area (Å²) in [5.41, 5.74) is 5.40. The van der Waals surface area contributed by atoms with Crippen LogP contribution in [0.3, 0.4) is 0 Å². The molecule has 4 heterocycles. The fraction of sp³-hybridized carbons (Fsp3) is 0.389. The molecule has 29 heavy (non-hydrogen) atoms. The molecule has 5 rings (SSSR count). The van der Waals surface area contributed by atoms with Gasteiger partial charge in [-0.2, -0.15) is 0 Å². The van der Waals surface area contributed by atoms with Gasteiger partial charge in [0.15, 0.2) is 11.6 Å². The van der Waals surface area contributed by atoms with Gasteiger partial charge in [0.25, 0.3) is 0 Å². The molecule has 3 N–H and O–H groups in total. The number of halogens is 1. The van der Waals surface area contributed by atoms with Crippen molar-refractivity contribution in [3.63, 3.8) is 0 Å². The van der Waals surface area contributed by atoms with Crippen molar-refractivity contribution >= 4 is 22.8 Å². The first-order chi connectivity index (χ1) is 13.9. The number of aromatic nitrogens is 5. The van der Waals surface area contributed by atoms with E-state index in [2.05, 4.69) is 15.3 Å². The van der Waals surface area contributed by atoms with Crippen LogP contribution in [0.4, 0.5) is 10.2 Å². The van der Waals surface area contributed by atoms with Crippen LogP contribution in [0.2, 0.25) is 0 Å². The summed E-state index contributed by atoms with van der Waals surface area (Å²) in [5, 5.41) is 17.1. The Hall–Kier alpha value is -3.34. The van der Waals surface area contributed by atoms with E-state index in [4.69, 9.17) is 5.73 Å². The Bertz CT molecular complexity index is 1170. The van der Waals surface area contributed by atoms with Gasteiger partial charge in [0.1, 0.15) is 11.2 Å². The Morgan fingerprint density at radius 1 is 1.31 bits per heavy atom. The molecule has 10 nitrogen and oxygen atoms in total. The molecule has 1 aliphatic heterocycles. The molecule has 11 heteroatoms. The van der Waals surface area contributed by atoms with Gasteiger partial charge >= 0.3 is 5.97 Å². The first-order valence-electron chi connectivity index (χ1n) is 9.29. The number of hydrogen-bond acceptors (Lipinski definition) is 7. The number of carboxylic acid groups (broad SMARTS) is 1. The fourth-order valence-electron chi connectivity index (χ4n) is 3.90. The molecule has 150 valence electrons. The van der Waals surface area contributed by atoms with E-state index in [9.17, 15) is 19.1 Å². The van der Waals surface area contributed by atoms with Crippen LogP contribution in [-0.2, 0) is 0 Å². The standard InChI is InChI=1S/C18H18FN7O3/c19-12-5-10-15(27)11(18(28)29)6-25(9-1-2-9)16(10)22-17(12)24-7-13(20)14(8-24)26-4-3-21-23-26/h3-6,9,13-14H,1-2,7-8,20H2,(H,28,29)/t13-,14+/m1/s1. The number of hydrogen-bond donors (Lipinski definition) is 2. The van der Waals surface area contributed by atoms with Gasteiger partial charge in [-0.25, -0.2) is 18.9 Å². The van der Waals surface area contributed by atoms with Gasteiger partial charge in [-0.3, -0.25) is 4.79 Å². The highest BCUT2D eigenvalue weighted by atomic mass is 19.1. The molecule has 2 atom stereocenters. The molecule has 0 amide bonds. The molecule has 1 saturated carbocycles. The van der Waals surface area contributed by atoms with Crippen LogP contribution in [0.15, 0.2) is 29.5 Å². The minimum atomic E-state index is -1.34. The second-order valence-electron chi connectivity index (χ2n) is 7.50. The highest BCUT2D eigenvalue weighted by Crippen LogP contribution is 2.37. The van der Waals surface area contributed by atoms with Crippen molar-refractivity contribution in [3.05, 3.63) is 46.3 Å². The number of carbonyl (C=O) groups is 1. The summed E-state index contributed by atoms with van der Waals surface area (Å²) in [6.45, 7) is 0.752. The highest BCUT2D eigenvalue weighted by molar-refractivity contribution is 5.92. The second-order valence-corrected chi connectivity index (χ2v) is 7.50. The first-order valence-corrected chi connectivity index (χ1v) is 9.29. The molecule has 2 aliphatic rings. The molecule has 0 spiro atoms. The van der Waals surface area contributed by atoms with Crippen LogP contribution < -0.4 is 16.1 Å². The average Bonchev–Trinajstić information content (AvgIpc) is 3.23. The minimum absolute atomic E-state index is 0.0330. The molecular formula is C18H18FN7O3. The van der Waals surface area contributed by atoms with E-state index < -0.39 is 17.2 Å². The third kappa shape index (κ3) is 2.85. The average molecular weight is 399 g/mol. The van der Waals surface area contributed by atoms with Gasteiger partial charge < -0.3 is 20.3 Å². The van der Waals surface area contributed by atoms with Crippen molar-refractivity contribution in [3.8, 4) is 0 Å². The molecule has 0 radical (unpaired) electrons. The predicted octanol–water partition coefficient (Wildman–Crippen LogP) is 0.549. The maximum absolute atomic E-state index is 15.0. The minimum Gasteiger partial charge on any atom is -0.477 e. The Balaban J connectivity index is 1.62. The number of pyridine rings is 2. The lowest BCUT2D eigenvalue weighted by molar-refractivity contribution is 0.0695. The van der Waals surface area contributed by atoms with E-state index >= 15 is 0 Å². The molecule has 0 bridgehead atoms. The van der Waals surface area contributed by atoms with Crippen LogP contribution in [0.5, 0.6) is 0 Å². The van der Waals surface area contributed by atoms with E-state index in [-0.39, 0.29) is 40.5 Å². The lowest BCUT2D eigenvalue weighted by Gasteiger charge is -2.19. The third-order valence-corrected chi connectivity index (χ3v) is 5.52. The molecule has 3 aromatic rings. The van der Waals surface area contributed by atoms with Crippen LogP contribution in [0, 0.1) is 5.82 Å². The van der Waals surface area contributed by atoms with Crippen molar-refractivity contribution in [2.45, 2.75) is 31.0 Å². The Labute approximate surface area is 163 Å². The van der Waals surface area contributed by atoms with E-state index in [1.165, 1.54) is 6.20 Å². The zero-order valence-corrected chi connectivity index (χ0v) is 15.3. The van der Waals surface area contributed by atoms with Crippen molar-refractivity contribution in [1.82, 2.24) is 24.5 Å². The molecule has 0 aromatic carbocycles. The van der Waals surface area contributed by atoms with Crippen molar-refractivity contribution in [2.24, 2.45) is 5.73 Å². The molecular weight excluding hydrogens is 381 g/mol. The lowest BCUT2D eigenvalue weighted by atomic mass is 10.2. The van der Waals surface area contributed by atoms with Gasteiger partial charge in [0, 0.05) is 37.6 Å². The summed E-state index contributed by atoms with van der Waals surface area (Å²) in [5.74, 6) is -1.93. The first kappa shape index (κ1) is 17.7. The van der Waals surface area contributed by atoms with Crippen molar-refractivity contribution in [1.29, 1.82) is 0 Å². The fourth-order valence-corrected chi connectivity index (χ4v) is 3.90. The van der Waals surface area contributed by atoms with E-state index in [0.717, 1.165) is 18.9 Å². The van der Waals surface area contributed by atoms with E-state index in [1.54, 1.807) is 26.5 Å². The summed E-state index contributed by atoms with van der Waals surface area (Å²) in [6, 6.07) is 0.661. The monoisotopic (exact) mass is 399 g/mol. The Kier molecular flexibility index (Phi) is 3.88. The van der Waals surface area contributed by atoms with Gasteiger partial charge in [-0.15, -0.1) is 5.10 Å². The highest BCUT2D eigenvalue weighted by Gasteiger charge is 2.35. The van der Waals surface area contributed by atoms with Crippen LogP contribution in [0.1, 0.15) is 35.3 Å². The van der Waals surface area contributed by atoms with Crippen molar-refractivity contribution < 1.29 is 14.3 Å². The summed E-state index contributed by atoms with van der Waals surface area (Å²) in [6.07, 6.45) is 6.28. The summed E-state index contributed by atoms with van der Waals surface area (Å²) in [4.78, 5) is 30.2. The predicted molar refractivity (Wildman–Crippen MR) is 100 cm³/mol. The topological polar surface area (TPSA) is 132 Å². The quantitative estimate of drug-likeness (QED) is 0.650. The zero-order valence-electron chi connectivity index (χ0n) is 15.3. The molecule has 2 fully saturated rings. The second kappa shape index (κ2) is 6.34. The number of nitrogens with two attached hydrogens (primary N) is 1. The maximum Gasteiger partial charge on any atom is 0.341 e. The Morgan fingerprint density at radius 3 is 2.76 bits per heavy atom. The maximum atomic E-state index is 15.0. The molecule has 1 aliphatic carbocycles. The number of rotatable bonds is 4. The molecule has 0 unspecified atom stereocenters. The smallest absolute Gasteiger partial charge is 0.341 e. The number of carboxylic acids is 1. The van der Waals surface area contributed by atoms with E-state index in [1.807, 2.05) is 0 Å². The third-order valence-electron chi connectivity index (χ3n) is 5.52. The van der Waals surface area contributed by atoms with Gasteiger partial charge in [-0.05, 0) is 18.9 Å². The molecule has 3 aromatic heterocycles. The zero-order chi connectivity index (χ0) is 20.3. The summed E-state index contributed by atoms with van der Waals surface area (Å²) >= 11 is 0. The number of nitrogens with zero attached hydrogens (tertiary/aromatic N) is 6. The van der Waals surface area contributed by atoms with Crippen molar-refractivity contribution in [2.75, 3.05) is 18.0 Å². The van der Waals surface area contributed by atoms with Gasteiger partial charge in [0.05, 0.1) is 17.6 Å². The van der Waals surface area contributed by atoms with Gasteiger partial charge in [0.2, 0.25) is 5.43 Å². The summed E-state index contributed by atoms with van der Waals surface area (Å²) in [7, 11) is 0. The van der Waals surface area contributed by atoms with Crippen LogP contribution in [0.25, 0.3) is 11.0 Å². The van der Waals surface area contributed by atoms with Gasteiger partial charge in [-0.1, -0.05) is 5.21 Å². The number of anilines is 1. The molecule has 1 saturated heterocycles. The summed E-state index contributed by atoms with van der Waals surface area (Å²) < 4.78 is 18.3. The van der Waals surface area contributed by atoms with Crippen LogP contribution in [-0.4, -0.2) is 54.8 Å². The SMILES string of the molecule is N[C@@H]1CN(c2nc3c(cc2F)c(=O)c(C(=O)O)cn3C2CC2)C[C@@H]1n1ccnn1.